The second kappa shape index (κ2) is 5.97. The Hall–Kier alpha value is 0. The first-order valence-corrected chi connectivity index (χ1v) is 8.66. The maximum Gasteiger partial charge on any atom is -0.0269 e. The Balaban J connectivity index is 1.62. The third kappa shape index (κ3) is 3.11. The van der Waals surface area contributed by atoms with Gasteiger partial charge in [-0.2, -0.15) is 0 Å². The highest BCUT2D eigenvalue weighted by atomic mass is 14.6. The summed E-state index contributed by atoms with van der Waals surface area (Å²) in [6, 6.07) is 0. The van der Waals surface area contributed by atoms with Gasteiger partial charge in [-0.3, -0.25) is 0 Å². The van der Waals surface area contributed by atoms with Crippen LogP contribution in [0.4, 0.5) is 0 Å². The van der Waals surface area contributed by atoms with E-state index in [1.807, 2.05) is 0 Å². The molecule has 0 radical (unpaired) electrons. The van der Waals surface area contributed by atoms with E-state index >= 15 is 0 Å². The highest BCUT2D eigenvalue weighted by Crippen LogP contribution is 2.66. The van der Waals surface area contributed by atoms with Crippen molar-refractivity contribution in [1.29, 1.82) is 0 Å². The average molecular weight is 250 g/mol. The highest BCUT2D eigenvalue weighted by molar-refractivity contribution is 5.07. The maximum atomic E-state index is 2.45. The van der Waals surface area contributed by atoms with Gasteiger partial charge < -0.3 is 0 Å². The predicted molar refractivity (Wildman–Crippen MR) is 80.6 cm³/mol. The Morgan fingerprint density at radius 3 is 2.33 bits per heavy atom. The minimum Gasteiger partial charge on any atom is -0.0651 e. The Morgan fingerprint density at radius 2 is 1.83 bits per heavy atom. The molecular formula is C18H34. The van der Waals surface area contributed by atoms with Crippen molar-refractivity contribution in [3.63, 3.8) is 0 Å². The minimum absolute atomic E-state index is 0.853. The van der Waals surface area contributed by atoms with Gasteiger partial charge in [0.2, 0.25) is 0 Å². The standard InChI is InChI=1S/C18H34/c1-5-14(4)15(6-2)9-8-10-16-13-17(16)18(7-3)11-12-18/h14-17H,5-13H2,1-4H3. The molecule has 2 fully saturated rings. The van der Waals surface area contributed by atoms with Crippen LogP contribution in [0.15, 0.2) is 0 Å². The molecule has 0 aromatic rings. The monoisotopic (exact) mass is 250 g/mol. The number of rotatable bonds is 9. The lowest BCUT2D eigenvalue weighted by molar-refractivity contribution is 0.302. The van der Waals surface area contributed by atoms with Crippen LogP contribution in [-0.4, -0.2) is 0 Å². The molecule has 2 aliphatic rings. The van der Waals surface area contributed by atoms with E-state index in [4.69, 9.17) is 0 Å². The predicted octanol–water partition coefficient (Wildman–Crippen LogP) is 6.06. The van der Waals surface area contributed by atoms with Crippen molar-refractivity contribution in [3.8, 4) is 0 Å². The molecule has 0 saturated heterocycles. The highest BCUT2D eigenvalue weighted by Gasteiger charge is 2.57. The molecule has 0 bridgehead atoms. The van der Waals surface area contributed by atoms with Crippen molar-refractivity contribution in [2.75, 3.05) is 0 Å². The SMILES string of the molecule is CCC(C)C(CC)CCCC1CC1C1(CC)CC1. The van der Waals surface area contributed by atoms with Gasteiger partial charge in [-0.1, -0.05) is 66.2 Å². The van der Waals surface area contributed by atoms with Crippen LogP contribution in [0.1, 0.15) is 85.5 Å². The largest absolute Gasteiger partial charge is 0.0651 e. The van der Waals surface area contributed by atoms with E-state index in [1.54, 1.807) is 25.7 Å². The lowest BCUT2D eigenvalue weighted by atomic mass is 9.85. The van der Waals surface area contributed by atoms with E-state index in [2.05, 4.69) is 27.7 Å². The van der Waals surface area contributed by atoms with Gasteiger partial charge in [0, 0.05) is 0 Å². The first-order chi connectivity index (χ1) is 8.66. The number of hydrogen-bond donors (Lipinski definition) is 0. The second-order valence-electron chi connectivity index (χ2n) is 7.30. The quantitative estimate of drug-likeness (QED) is 0.467. The fourth-order valence-corrected chi connectivity index (χ4v) is 4.33. The summed E-state index contributed by atoms with van der Waals surface area (Å²) in [6.07, 6.45) is 13.4. The molecule has 0 amide bonds. The smallest absolute Gasteiger partial charge is 0.0269 e. The summed E-state index contributed by atoms with van der Waals surface area (Å²) in [5.74, 6) is 4.21. The van der Waals surface area contributed by atoms with E-state index in [9.17, 15) is 0 Å². The van der Waals surface area contributed by atoms with Crippen molar-refractivity contribution >= 4 is 0 Å². The van der Waals surface area contributed by atoms with Gasteiger partial charge >= 0.3 is 0 Å². The molecule has 2 aliphatic carbocycles. The first kappa shape index (κ1) is 14.4. The van der Waals surface area contributed by atoms with Crippen molar-refractivity contribution < 1.29 is 0 Å². The molecule has 0 heterocycles. The Labute approximate surface area is 115 Å². The van der Waals surface area contributed by atoms with Gasteiger partial charge in [0.1, 0.15) is 0 Å². The lowest BCUT2D eigenvalue weighted by Gasteiger charge is -2.21. The van der Waals surface area contributed by atoms with Gasteiger partial charge in [0.05, 0.1) is 0 Å². The fraction of sp³-hybridized carbons (Fsp3) is 1.00. The van der Waals surface area contributed by atoms with Gasteiger partial charge in [-0.05, 0) is 48.3 Å². The molecule has 0 N–H and O–H groups in total. The van der Waals surface area contributed by atoms with E-state index in [0.717, 1.165) is 29.1 Å². The van der Waals surface area contributed by atoms with Gasteiger partial charge in [0.15, 0.2) is 0 Å². The molecule has 0 nitrogen and oxygen atoms in total. The average Bonchev–Trinajstić information content (AvgIpc) is 3.26. The molecule has 0 aliphatic heterocycles. The topological polar surface area (TPSA) is 0 Å². The zero-order valence-electron chi connectivity index (χ0n) is 13.2. The van der Waals surface area contributed by atoms with Gasteiger partial charge in [-0.15, -0.1) is 0 Å². The van der Waals surface area contributed by atoms with Crippen molar-refractivity contribution in [2.24, 2.45) is 29.1 Å². The molecule has 0 aromatic heterocycles. The molecule has 2 saturated carbocycles. The van der Waals surface area contributed by atoms with E-state index in [0.29, 0.717) is 0 Å². The van der Waals surface area contributed by atoms with Crippen molar-refractivity contribution in [2.45, 2.75) is 85.5 Å². The summed E-state index contributed by atoms with van der Waals surface area (Å²) in [5, 5.41) is 0. The van der Waals surface area contributed by atoms with Gasteiger partial charge in [0.25, 0.3) is 0 Å². The Morgan fingerprint density at radius 1 is 1.11 bits per heavy atom. The van der Waals surface area contributed by atoms with E-state index in [1.165, 1.54) is 32.1 Å². The third-order valence-corrected chi connectivity index (χ3v) is 6.43. The van der Waals surface area contributed by atoms with E-state index < -0.39 is 0 Å². The van der Waals surface area contributed by atoms with Crippen LogP contribution < -0.4 is 0 Å². The summed E-state index contributed by atoms with van der Waals surface area (Å²) < 4.78 is 0. The van der Waals surface area contributed by atoms with Crippen LogP contribution >= 0.6 is 0 Å². The van der Waals surface area contributed by atoms with Crippen LogP contribution in [0.2, 0.25) is 0 Å². The van der Waals surface area contributed by atoms with Crippen LogP contribution in [0.25, 0.3) is 0 Å². The lowest BCUT2D eigenvalue weighted by Crippen LogP contribution is -2.10. The minimum atomic E-state index is 0.853. The Kier molecular flexibility index (Phi) is 4.78. The maximum absolute atomic E-state index is 2.45. The molecule has 4 unspecified atom stereocenters. The molecule has 106 valence electrons. The second-order valence-corrected chi connectivity index (χ2v) is 7.30. The third-order valence-electron chi connectivity index (χ3n) is 6.43. The molecule has 0 spiro atoms. The molecular weight excluding hydrogens is 216 g/mol. The summed E-state index contributed by atoms with van der Waals surface area (Å²) in [7, 11) is 0. The molecule has 4 atom stereocenters. The molecule has 18 heavy (non-hydrogen) atoms. The zero-order chi connectivity index (χ0) is 13.2. The van der Waals surface area contributed by atoms with Crippen molar-refractivity contribution in [1.82, 2.24) is 0 Å². The van der Waals surface area contributed by atoms with Gasteiger partial charge in [-0.25, -0.2) is 0 Å². The Bertz CT molecular complexity index is 251. The first-order valence-electron chi connectivity index (χ1n) is 8.66. The summed E-state index contributed by atoms with van der Waals surface area (Å²) in [6.45, 7) is 9.60. The van der Waals surface area contributed by atoms with Crippen LogP contribution in [0.3, 0.4) is 0 Å². The number of hydrogen-bond acceptors (Lipinski definition) is 0. The van der Waals surface area contributed by atoms with Crippen molar-refractivity contribution in [3.05, 3.63) is 0 Å². The van der Waals surface area contributed by atoms with E-state index in [-0.39, 0.29) is 0 Å². The molecule has 0 aromatic carbocycles. The molecule has 2 rings (SSSR count). The van der Waals surface area contributed by atoms with Crippen LogP contribution in [0.5, 0.6) is 0 Å². The summed E-state index contributed by atoms with van der Waals surface area (Å²) in [5.41, 5.74) is 0.853. The summed E-state index contributed by atoms with van der Waals surface area (Å²) in [4.78, 5) is 0. The zero-order valence-corrected chi connectivity index (χ0v) is 13.2. The van der Waals surface area contributed by atoms with Crippen LogP contribution in [-0.2, 0) is 0 Å². The van der Waals surface area contributed by atoms with Crippen LogP contribution in [0, 0.1) is 29.1 Å². The normalized spacial score (nSPS) is 32.0. The molecule has 0 heteroatoms. The fourth-order valence-electron chi connectivity index (χ4n) is 4.33. The summed E-state index contributed by atoms with van der Waals surface area (Å²) >= 11 is 0.